The minimum absolute atomic E-state index is 0.607. The third-order valence-corrected chi connectivity index (χ3v) is 6.21. The van der Waals surface area contributed by atoms with Gasteiger partial charge in [-0.2, -0.15) is 4.98 Å². The van der Waals surface area contributed by atoms with Crippen molar-refractivity contribution in [3.05, 3.63) is 48.0 Å². The van der Waals surface area contributed by atoms with Gasteiger partial charge in [0.05, 0.1) is 23.3 Å². The van der Waals surface area contributed by atoms with E-state index in [1.165, 1.54) is 24.8 Å². The number of aryl methyl sites for hydroxylation is 1. The van der Waals surface area contributed by atoms with Crippen molar-refractivity contribution in [2.45, 2.75) is 58.0 Å². The summed E-state index contributed by atoms with van der Waals surface area (Å²) in [6.07, 6.45) is 5.58. The topological polar surface area (TPSA) is 50.1 Å². The number of nitrogens with zero attached hydrogens (tertiary/aromatic N) is 2. The third-order valence-electron chi connectivity index (χ3n) is 4.75. The molecule has 0 saturated carbocycles. The lowest BCUT2D eigenvalue weighted by atomic mass is 10.2. The van der Waals surface area contributed by atoms with Crippen molar-refractivity contribution in [1.82, 2.24) is 9.55 Å². The van der Waals surface area contributed by atoms with Crippen LogP contribution in [0.3, 0.4) is 0 Å². The number of hydrogen-bond acceptors (Lipinski definition) is 3. The second-order valence-corrected chi connectivity index (χ2v) is 8.64. The summed E-state index contributed by atoms with van der Waals surface area (Å²) in [7, 11) is 0. The minimum Gasteiger partial charge on any atom is -0.609 e. The Morgan fingerprint density at radius 3 is 2.50 bits per heavy atom. The molecule has 0 saturated heterocycles. The molecule has 3 rings (SSSR count). The Balaban J connectivity index is 1.96. The highest BCUT2D eigenvalue weighted by Crippen LogP contribution is 2.28. The van der Waals surface area contributed by atoms with Crippen LogP contribution in [0.2, 0.25) is 0 Å². The highest BCUT2D eigenvalue weighted by Gasteiger charge is 2.23. The van der Waals surface area contributed by atoms with E-state index in [2.05, 4.69) is 38.1 Å². The van der Waals surface area contributed by atoms with Crippen molar-refractivity contribution in [2.75, 3.05) is 12.4 Å². The number of hydrogen-bond donors (Lipinski definition) is 0. The predicted molar refractivity (Wildman–Crippen MR) is 117 cm³/mol. The average Bonchev–Trinajstić information content (AvgIpc) is 3.07. The Morgan fingerprint density at radius 1 is 1.00 bits per heavy atom. The lowest BCUT2D eigenvalue weighted by molar-refractivity contribution is 0.305. The van der Waals surface area contributed by atoms with Crippen LogP contribution < -0.4 is 4.74 Å². The number of unbranched alkanes of at least 4 members (excludes halogenated alkanes) is 3. The van der Waals surface area contributed by atoms with Gasteiger partial charge >= 0.3 is 5.16 Å². The minimum atomic E-state index is -1.14. The van der Waals surface area contributed by atoms with Crippen LogP contribution in [-0.2, 0) is 11.2 Å². The predicted octanol–water partition coefficient (Wildman–Crippen LogP) is 5.81. The molecule has 1 unspecified atom stereocenters. The molecule has 0 spiro atoms. The quantitative estimate of drug-likeness (QED) is 0.320. The van der Waals surface area contributed by atoms with E-state index in [0.717, 1.165) is 41.9 Å². The molecule has 2 aromatic carbocycles. The number of aromatic nitrogens is 2. The maximum atomic E-state index is 12.8. The Hall–Kier alpha value is -1.98. The molecule has 1 heterocycles. The molecule has 5 heteroatoms. The second-order valence-electron chi connectivity index (χ2n) is 7.17. The van der Waals surface area contributed by atoms with Crippen LogP contribution in [0.4, 0.5) is 0 Å². The van der Waals surface area contributed by atoms with Crippen LogP contribution in [-0.4, -0.2) is 26.5 Å². The van der Waals surface area contributed by atoms with E-state index in [1.807, 2.05) is 29.7 Å². The number of rotatable bonds is 10. The summed E-state index contributed by atoms with van der Waals surface area (Å²) in [5.41, 5.74) is 3.96. The number of benzene rings is 2. The van der Waals surface area contributed by atoms with Crippen molar-refractivity contribution in [1.29, 1.82) is 0 Å². The molecule has 150 valence electrons. The summed E-state index contributed by atoms with van der Waals surface area (Å²) in [5.74, 6) is 1.45. The Bertz CT molecular complexity index is 890. The van der Waals surface area contributed by atoms with E-state index in [1.54, 1.807) is 0 Å². The highest BCUT2D eigenvalue weighted by atomic mass is 32.2. The highest BCUT2D eigenvalue weighted by molar-refractivity contribution is 7.91. The molecular formula is C23H30N2O2S. The SMILES string of the molecule is CCCCCCOc1ccc2nc([S+]([O-])CCC)n(-c3ccc(C)cc3)c2c1. The lowest BCUT2D eigenvalue weighted by Crippen LogP contribution is -2.13. The van der Waals surface area contributed by atoms with Gasteiger partial charge in [-0.15, -0.1) is 0 Å². The van der Waals surface area contributed by atoms with Gasteiger partial charge < -0.3 is 9.29 Å². The van der Waals surface area contributed by atoms with Gasteiger partial charge in [0.15, 0.2) is 0 Å². The Morgan fingerprint density at radius 2 is 1.79 bits per heavy atom. The van der Waals surface area contributed by atoms with E-state index < -0.39 is 11.2 Å². The van der Waals surface area contributed by atoms with Crippen LogP contribution in [0.5, 0.6) is 5.75 Å². The zero-order valence-electron chi connectivity index (χ0n) is 17.1. The van der Waals surface area contributed by atoms with Gasteiger partial charge in [-0.05, 0) is 44.0 Å². The van der Waals surface area contributed by atoms with Gasteiger partial charge in [-0.1, -0.05) is 50.8 Å². The molecule has 0 radical (unpaired) electrons. The molecule has 0 N–H and O–H groups in total. The lowest BCUT2D eigenvalue weighted by Gasteiger charge is -2.12. The summed E-state index contributed by atoms with van der Waals surface area (Å²) >= 11 is -1.14. The molecule has 0 aliphatic carbocycles. The van der Waals surface area contributed by atoms with Crippen molar-refractivity contribution in [3.63, 3.8) is 0 Å². The molecule has 28 heavy (non-hydrogen) atoms. The summed E-state index contributed by atoms with van der Waals surface area (Å²) in [5, 5.41) is 0.612. The number of fused-ring (bicyclic) bond motifs is 1. The first kappa shape index (κ1) is 20.7. The largest absolute Gasteiger partial charge is 0.609 e. The van der Waals surface area contributed by atoms with Gasteiger partial charge in [-0.25, -0.2) is 0 Å². The zero-order valence-corrected chi connectivity index (χ0v) is 17.9. The van der Waals surface area contributed by atoms with E-state index >= 15 is 0 Å². The third kappa shape index (κ3) is 4.89. The van der Waals surface area contributed by atoms with Crippen molar-refractivity contribution < 1.29 is 9.29 Å². The van der Waals surface area contributed by atoms with E-state index in [4.69, 9.17) is 9.72 Å². The van der Waals surface area contributed by atoms with Gasteiger partial charge in [0.1, 0.15) is 11.5 Å². The van der Waals surface area contributed by atoms with Gasteiger partial charge in [0.2, 0.25) is 0 Å². The molecule has 0 amide bonds. The molecule has 0 bridgehead atoms. The fourth-order valence-electron chi connectivity index (χ4n) is 3.21. The van der Waals surface area contributed by atoms with Crippen LogP contribution in [0.15, 0.2) is 47.6 Å². The maximum Gasteiger partial charge on any atom is 0.328 e. The van der Waals surface area contributed by atoms with Gasteiger partial charge in [0.25, 0.3) is 0 Å². The molecule has 3 aromatic rings. The zero-order chi connectivity index (χ0) is 19.9. The summed E-state index contributed by atoms with van der Waals surface area (Å²) < 4.78 is 20.8. The first-order valence-electron chi connectivity index (χ1n) is 10.2. The molecular weight excluding hydrogens is 368 g/mol. The van der Waals surface area contributed by atoms with Crippen molar-refractivity contribution in [2.24, 2.45) is 0 Å². The summed E-state index contributed by atoms with van der Waals surface area (Å²) in [6, 6.07) is 14.2. The van der Waals surface area contributed by atoms with Crippen molar-refractivity contribution in [3.8, 4) is 11.4 Å². The van der Waals surface area contributed by atoms with Crippen LogP contribution in [0.1, 0.15) is 51.5 Å². The standard InChI is InChI=1S/C23H30N2O2S/c1-4-6-7-8-15-27-20-13-14-21-22(17-20)25(19-11-9-18(3)10-12-19)23(24-21)28(26)16-5-2/h9-14,17H,4-8,15-16H2,1-3H3. The van der Waals surface area contributed by atoms with Crippen molar-refractivity contribution >= 4 is 22.2 Å². The second kappa shape index (κ2) is 9.99. The van der Waals surface area contributed by atoms with Gasteiger partial charge in [-0.3, -0.25) is 4.57 Å². The molecule has 4 nitrogen and oxygen atoms in total. The molecule has 1 atom stereocenters. The molecule has 0 aliphatic heterocycles. The van der Waals surface area contributed by atoms with Crippen LogP contribution in [0, 0.1) is 6.92 Å². The molecule has 0 aliphatic rings. The summed E-state index contributed by atoms with van der Waals surface area (Å²) in [4.78, 5) is 4.70. The summed E-state index contributed by atoms with van der Waals surface area (Å²) in [6.45, 7) is 7.04. The first-order chi connectivity index (χ1) is 13.6. The molecule has 1 aromatic heterocycles. The van der Waals surface area contributed by atoms with E-state index in [9.17, 15) is 4.55 Å². The number of ether oxygens (including phenoxy) is 1. The average molecular weight is 399 g/mol. The monoisotopic (exact) mass is 398 g/mol. The fraction of sp³-hybridized carbons (Fsp3) is 0.435. The first-order valence-corrected chi connectivity index (χ1v) is 11.6. The normalized spacial score (nSPS) is 12.4. The number of imidazole rings is 1. The van der Waals surface area contributed by atoms with Crippen LogP contribution >= 0.6 is 0 Å². The molecule has 0 fully saturated rings. The van der Waals surface area contributed by atoms with Gasteiger partial charge in [0, 0.05) is 17.2 Å². The van der Waals surface area contributed by atoms with Crippen LogP contribution in [0.25, 0.3) is 16.7 Å². The Labute approximate surface area is 171 Å². The van der Waals surface area contributed by atoms with E-state index in [-0.39, 0.29) is 0 Å². The Kier molecular flexibility index (Phi) is 7.40. The maximum absolute atomic E-state index is 12.8. The van der Waals surface area contributed by atoms with E-state index in [0.29, 0.717) is 10.9 Å². The fourth-order valence-corrected chi connectivity index (χ4v) is 4.38. The smallest absolute Gasteiger partial charge is 0.328 e.